The lowest BCUT2D eigenvalue weighted by atomic mass is 10.1. The van der Waals surface area contributed by atoms with Crippen molar-refractivity contribution in [2.45, 2.75) is 12.2 Å². The van der Waals surface area contributed by atoms with E-state index in [2.05, 4.69) is 20.4 Å². The molecule has 11 heteroatoms. The first kappa shape index (κ1) is 21.0. The number of benzene rings is 1. The number of carbonyl (C=O) groups is 1. The Labute approximate surface area is 176 Å². The normalized spacial score (nSPS) is 16.0. The maximum absolute atomic E-state index is 13.5. The van der Waals surface area contributed by atoms with Gasteiger partial charge in [-0.05, 0) is 5.56 Å². The van der Waals surface area contributed by atoms with E-state index in [9.17, 15) is 18.0 Å². The average molecular weight is 433 g/mol. The molecule has 0 bridgehead atoms. The van der Waals surface area contributed by atoms with Gasteiger partial charge >= 0.3 is 6.18 Å². The number of nitrogens with zero attached hydrogens (tertiary/aromatic N) is 6. The third-order valence-electron chi connectivity index (χ3n) is 5.36. The highest BCUT2D eigenvalue weighted by Gasteiger charge is 2.41. The van der Waals surface area contributed by atoms with Crippen LogP contribution in [0.3, 0.4) is 0 Å². The summed E-state index contributed by atoms with van der Waals surface area (Å²) >= 11 is 0. The summed E-state index contributed by atoms with van der Waals surface area (Å²) in [6, 6.07) is 5.65. The smallest absolute Gasteiger partial charge is 0.352 e. The molecule has 1 fully saturated rings. The number of anilines is 1. The van der Waals surface area contributed by atoms with Crippen LogP contribution in [0.5, 0.6) is 0 Å². The van der Waals surface area contributed by atoms with Gasteiger partial charge in [-0.25, -0.2) is 9.97 Å². The van der Waals surface area contributed by atoms with Crippen molar-refractivity contribution in [2.24, 2.45) is 7.05 Å². The Morgan fingerprint density at radius 1 is 1.13 bits per heavy atom. The summed E-state index contributed by atoms with van der Waals surface area (Å²) in [4.78, 5) is 24.7. The van der Waals surface area contributed by atoms with Crippen molar-refractivity contribution in [3.05, 3.63) is 48.4 Å². The minimum absolute atomic E-state index is 0.0804. The van der Waals surface area contributed by atoms with Gasteiger partial charge in [-0.3, -0.25) is 14.8 Å². The molecule has 0 spiro atoms. The van der Waals surface area contributed by atoms with E-state index in [0.717, 1.165) is 11.2 Å². The molecule has 4 rings (SSSR count). The molecule has 2 aromatic heterocycles. The zero-order chi connectivity index (χ0) is 22.0. The summed E-state index contributed by atoms with van der Waals surface area (Å²) in [6.07, 6.45) is -1.32. The lowest BCUT2D eigenvalue weighted by Crippen LogP contribution is -2.51. The van der Waals surface area contributed by atoms with Crippen LogP contribution in [-0.4, -0.2) is 69.5 Å². The van der Waals surface area contributed by atoms with Crippen molar-refractivity contribution in [3.8, 4) is 0 Å². The molecule has 1 N–H and O–H groups in total. The highest BCUT2D eigenvalue weighted by molar-refractivity contribution is 5.87. The summed E-state index contributed by atoms with van der Waals surface area (Å²) in [6.45, 7) is 1.45. The summed E-state index contributed by atoms with van der Waals surface area (Å²) in [5.41, 5.74) is 0.795. The molecule has 0 saturated carbocycles. The monoisotopic (exact) mass is 433 g/mol. The number of nitrogens with one attached hydrogen (secondary N) is 1. The maximum Gasteiger partial charge on any atom is 0.407 e. The molecule has 1 aliphatic heterocycles. The number of alkyl halides is 3. The van der Waals surface area contributed by atoms with Crippen molar-refractivity contribution < 1.29 is 18.0 Å². The first-order valence-electron chi connectivity index (χ1n) is 9.85. The molecular weight excluding hydrogens is 411 g/mol. The van der Waals surface area contributed by atoms with Crippen LogP contribution in [0, 0.1) is 0 Å². The molecule has 1 aromatic carbocycles. The number of aryl methyl sites for hydroxylation is 1. The highest BCUT2D eigenvalue weighted by atomic mass is 19.4. The van der Waals surface area contributed by atoms with E-state index >= 15 is 0 Å². The standard InChI is InChI=1S/C20H22F3N7O/c1-28-18-15(11-27-28)19(26-13-25-18)30-9-7-29(8-10-30)16(31)12-24-17(20(21,22)23)14-5-3-2-4-6-14/h2-6,11,13,17,24H,7-10,12H2,1H3. The molecule has 1 unspecified atom stereocenters. The van der Waals surface area contributed by atoms with Crippen molar-refractivity contribution in [1.29, 1.82) is 0 Å². The number of aromatic nitrogens is 4. The van der Waals surface area contributed by atoms with Gasteiger partial charge in [0, 0.05) is 33.2 Å². The van der Waals surface area contributed by atoms with Gasteiger partial charge in [0.05, 0.1) is 18.1 Å². The number of hydrogen-bond donors (Lipinski definition) is 1. The highest BCUT2D eigenvalue weighted by Crippen LogP contribution is 2.32. The topological polar surface area (TPSA) is 79.2 Å². The molecule has 3 heterocycles. The lowest BCUT2D eigenvalue weighted by Gasteiger charge is -2.36. The SMILES string of the molecule is Cn1ncc2c(N3CCN(C(=O)CNC(c4ccccc4)C(F)(F)F)CC3)ncnc21. The van der Waals surface area contributed by atoms with Crippen LogP contribution >= 0.6 is 0 Å². The van der Waals surface area contributed by atoms with Gasteiger partial charge in [-0.15, -0.1) is 0 Å². The molecule has 1 amide bonds. The van der Waals surface area contributed by atoms with Gasteiger partial charge in [-0.2, -0.15) is 18.3 Å². The van der Waals surface area contributed by atoms with Gasteiger partial charge in [0.25, 0.3) is 0 Å². The Kier molecular flexibility index (Phi) is 5.77. The fraction of sp³-hybridized carbons (Fsp3) is 0.400. The van der Waals surface area contributed by atoms with Crippen LogP contribution in [0.15, 0.2) is 42.9 Å². The van der Waals surface area contributed by atoms with E-state index < -0.39 is 12.2 Å². The Balaban J connectivity index is 1.37. The third-order valence-corrected chi connectivity index (χ3v) is 5.36. The largest absolute Gasteiger partial charge is 0.407 e. The first-order valence-corrected chi connectivity index (χ1v) is 9.85. The van der Waals surface area contributed by atoms with Crippen LogP contribution in [0.2, 0.25) is 0 Å². The molecular formula is C20H22F3N7O. The molecule has 0 aliphatic carbocycles. The number of halogens is 3. The minimum atomic E-state index is -4.50. The van der Waals surface area contributed by atoms with Crippen LogP contribution < -0.4 is 10.2 Å². The Hall–Kier alpha value is -3.21. The van der Waals surface area contributed by atoms with Crippen LogP contribution in [0.4, 0.5) is 19.0 Å². The van der Waals surface area contributed by atoms with Crippen molar-refractivity contribution in [1.82, 2.24) is 30.0 Å². The third kappa shape index (κ3) is 4.46. The van der Waals surface area contributed by atoms with E-state index in [4.69, 9.17) is 0 Å². The quantitative estimate of drug-likeness (QED) is 0.662. The van der Waals surface area contributed by atoms with E-state index in [-0.39, 0.29) is 18.0 Å². The van der Waals surface area contributed by atoms with Gasteiger partial charge < -0.3 is 9.80 Å². The predicted molar refractivity (Wildman–Crippen MR) is 108 cm³/mol. The molecule has 0 radical (unpaired) electrons. The van der Waals surface area contributed by atoms with Crippen LogP contribution in [-0.2, 0) is 11.8 Å². The van der Waals surface area contributed by atoms with E-state index in [1.807, 2.05) is 4.90 Å². The Morgan fingerprint density at radius 2 is 1.84 bits per heavy atom. The van der Waals surface area contributed by atoms with E-state index in [0.29, 0.717) is 31.8 Å². The summed E-state index contributed by atoms with van der Waals surface area (Å²) < 4.78 is 42.0. The van der Waals surface area contributed by atoms with Crippen LogP contribution in [0.1, 0.15) is 11.6 Å². The lowest BCUT2D eigenvalue weighted by molar-refractivity contribution is -0.159. The average Bonchev–Trinajstić information content (AvgIpc) is 3.15. The molecule has 8 nitrogen and oxygen atoms in total. The van der Waals surface area contributed by atoms with Crippen molar-refractivity contribution in [3.63, 3.8) is 0 Å². The van der Waals surface area contributed by atoms with Gasteiger partial charge in [0.15, 0.2) is 5.65 Å². The second kappa shape index (κ2) is 8.50. The molecule has 31 heavy (non-hydrogen) atoms. The van der Waals surface area contributed by atoms with Gasteiger partial charge in [0.2, 0.25) is 5.91 Å². The number of piperazine rings is 1. The predicted octanol–water partition coefficient (Wildman–Crippen LogP) is 1.91. The number of rotatable bonds is 5. The second-order valence-corrected chi connectivity index (χ2v) is 7.34. The molecule has 3 aromatic rings. The van der Waals surface area contributed by atoms with Gasteiger partial charge in [-0.1, -0.05) is 30.3 Å². The van der Waals surface area contributed by atoms with Gasteiger partial charge in [0.1, 0.15) is 18.2 Å². The zero-order valence-corrected chi connectivity index (χ0v) is 16.9. The molecule has 1 atom stereocenters. The number of carbonyl (C=O) groups excluding carboxylic acids is 1. The second-order valence-electron chi connectivity index (χ2n) is 7.34. The van der Waals surface area contributed by atoms with Crippen molar-refractivity contribution in [2.75, 3.05) is 37.6 Å². The number of hydrogen-bond acceptors (Lipinski definition) is 6. The molecule has 164 valence electrons. The van der Waals surface area contributed by atoms with Crippen molar-refractivity contribution >= 4 is 22.8 Å². The minimum Gasteiger partial charge on any atom is -0.352 e. The summed E-state index contributed by atoms with van der Waals surface area (Å²) in [5, 5.41) is 7.41. The summed E-state index contributed by atoms with van der Waals surface area (Å²) in [7, 11) is 1.80. The number of amides is 1. The Bertz CT molecular complexity index is 1050. The summed E-state index contributed by atoms with van der Waals surface area (Å²) in [5.74, 6) is 0.378. The molecule has 1 aliphatic rings. The number of fused-ring (bicyclic) bond motifs is 1. The van der Waals surface area contributed by atoms with Crippen LogP contribution in [0.25, 0.3) is 11.0 Å². The fourth-order valence-electron chi connectivity index (χ4n) is 3.74. The molecule has 1 saturated heterocycles. The first-order chi connectivity index (χ1) is 14.8. The maximum atomic E-state index is 13.5. The fourth-order valence-corrected chi connectivity index (χ4v) is 3.74. The zero-order valence-electron chi connectivity index (χ0n) is 16.9. The van der Waals surface area contributed by atoms with E-state index in [1.54, 1.807) is 41.0 Å². The Morgan fingerprint density at radius 3 is 2.52 bits per heavy atom. The van der Waals surface area contributed by atoms with E-state index in [1.165, 1.54) is 18.5 Å².